The lowest BCUT2D eigenvalue weighted by Gasteiger charge is -2.23. The Morgan fingerprint density at radius 2 is 1.94 bits per heavy atom. The second kappa shape index (κ2) is 5.14. The number of nitrogens with zero attached hydrogens (tertiary/aromatic N) is 1. The van der Waals surface area contributed by atoms with Crippen molar-refractivity contribution in [3.8, 4) is 0 Å². The number of hydrogen-bond acceptors (Lipinski definition) is 4. The topological polar surface area (TPSA) is 94.9 Å². The minimum Gasteiger partial charge on any atom is -0.480 e. The van der Waals surface area contributed by atoms with Crippen LogP contribution in [-0.4, -0.2) is 53.3 Å². The van der Waals surface area contributed by atoms with E-state index >= 15 is 0 Å². The Morgan fingerprint density at radius 1 is 1.39 bits per heavy atom. The van der Waals surface area contributed by atoms with Gasteiger partial charge in [-0.25, -0.2) is 8.42 Å². The molecular weight excluding hydrogens is 258 g/mol. The standard InChI is InChI=1S/C11H21NO5S/c1-11(2,3)4-5-18(16,17)12-7-8(13)6-9(12)10(14)15/h8-9,13H,4-7H2,1-3H3,(H,14,15)/t8-,9-/m0/s1. The van der Waals surface area contributed by atoms with Crippen LogP contribution < -0.4 is 0 Å². The number of aliphatic hydroxyl groups excluding tert-OH is 1. The second-order valence-electron chi connectivity index (χ2n) is 5.94. The van der Waals surface area contributed by atoms with Gasteiger partial charge < -0.3 is 10.2 Å². The number of carboxylic acids is 1. The zero-order chi connectivity index (χ0) is 14.1. The molecule has 1 heterocycles. The third-order valence-corrected chi connectivity index (χ3v) is 4.82. The van der Waals surface area contributed by atoms with Gasteiger partial charge in [-0.2, -0.15) is 4.31 Å². The van der Waals surface area contributed by atoms with Gasteiger partial charge in [-0.05, 0) is 11.8 Å². The third kappa shape index (κ3) is 3.93. The highest BCUT2D eigenvalue weighted by atomic mass is 32.2. The molecule has 0 aromatic carbocycles. The van der Waals surface area contributed by atoms with Crippen molar-refractivity contribution >= 4 is 16.0 Å². The minimum absolute atomic E-state index is 0.0376. The number of β-amino-alcohol motifs (C(OH)–C–C–N with tert-alkyl or cyclic N) is 1. The molecule has 0 unspecified atom stereocenters. The SMILES string of the molecule is CC(C)(C)CCS(=O)(=O)N1C[C@@H](O)C[C@H]1C(=O)O. The normalized spacial score (nSPS) is 26.4. The minimum atomic E-state index is -3.63. The molecule has 106 valence electrons. The van der Waals surface area contributed by atoms with Crippen LogP contribution in [0.25, 0.3) is 0 Å². The summed E-state index contributed by atoms with van der Waals surface area (Å²) in [6.45, 7) is 5.66. The molecule has 1 rings (SSSR count). The molecule has 0 aliphatic carbocycles. The maximum atomic E-state index is 12.1. The fourth-order valence-electron chi connectivity index (χ4n) is 1.87. The van der Waals surface area contributed by atoms with Crippen LogP contribution in [0.2, 0.25) is 0 Å². The van der Waals surface area contributed by atoms with Crippen LogP contribution in [0.5, 0.6) is 0 Å². The summed E-state index contributed by atoms with van der Waals surface area (Å²) in [6.07, 6.45) is -0.478. The maximum Gasteiger partial charge on any atom is 0.322 e. The van der Waals surface area contributed by atoms with Gasteiger partial charge in [-0.3, -0.25) is 4.79 Å². The van der Waals surface area contributed by atoms with Crippen LogP contribution in [0.3, 0.4) is 0 Å². The van der Waals surface area contributed by atoms with Crippen LogP contribution >= 0.6 is 0 Å². The second-order valence-corrected chi connectivity index (χ2v) is 7.98. The van der Waals surface area contributed by atoms with E-state index in [9.17, 15) is 18.3 Å². The number of sulfonamides is 1. The average Bonchev–Trinajstić information content (AvgIpc) is 2.57. The van der Waals surface area contributed by atoms with E-state index in [1.807, 2.05) is 20.8 Å². The summed E-state index contributed by atoms with van der Waals surface area (Å²) in [5, 5.41) is 18.4. The Bertz CT molecular complexity index is 412. The number of carbonyl (C=O) groups is 1. The van der Waals surface area contributed by atoms with E-state index in [2.05, 4.69) is 0 Å². The number of aliphatic carboxylic acids is 1. The lowest BCUT2D eigenvalue weighted by molar-refractivity contribution is -0.140. The number of rotatable bonds is 4. The molecule has 6 nitrogen and oxygen atoms in total. The highest BCUT2D eigenvalue weighted by molar-refractivity contribution is 7.89. The van der Waals surface area contributed by atoms with Crippen molar-refractivity contribution in [2.24, 2.45) is 5.41 Å². The first-order valence-corrected chi connectivity index (χ1v) is 7.54. The van der Waals surface area contributed by atoms with Gasteiger partial charge in [0.25, 0.3) is 0 Å². The maximum absolute atomic E-state index is 12.1. The van der Waals surface area contributed by atoms with Crippen molar-refractivity contribution in [2.45, 2.75) is 45.8 Å². The van der Waals surface area contributed by atoms with Gasteiger partial charge in [0.1, 0.15) is 6.04 Å². The van der Waals surface area contributed by atoms with Gasteiger partial charge >= 0.3 is 5.97 Å². The first kappa shape index (κ1) is 15.4. The fourth-order valence-corrected chi connectivity index (χ4v) is 3.94. The molecule has 0 saturated carbocycles. The lowest BCUT2D eigenvalue weighted by Crippen LogP contribution is -2.42. The summed E-state index contributed by atoms with van der Waals surface area (Å²) in [7, 11) is -3.63. The van der Waals surface area contributed by atoms with E-state index < -0.39 is 28.1 Å². The monoisotopic (exact) mass is 279 g/mol. The van der Waals surface area contributed by atoms with Gasteiger partial charge in [0.05, 0.1) is 11.9 Å². The summed E-state index contributed by atoms with van der Waals surface area (Å²) in [6, 6.07) is -1.13. The molecule has 1 aliphatic rings. The van der Waals surface area contributed by atoms with E-state index in [1.54, 1.807) is 0 Å². The van der Waals surface area contributed by atoms with Crippen molar-refractivity contribution in [1.29, 1.82) is 0 Å². The Balaban J connectivity index is 2.81. The molecule has 7 heteroatoms. The Labute approximate surface area is 108 Å². The molecule has 18 heavy (non-hydrogen) atoms. The van der Waals surface area contributed by atoms with E-state index in [0.29, 0.717) is 6.42 Å². The molecule has 1 aliphatic heterocycles. The molecule has 0 radical (unpaired) electrons. The van der Waals surface area contributed by atoms with Crippen LogP contribution in [0.4, 0.5) is 0 Å². The smallest absolute Gasteiger partial charge is 0.322 e. The van der Waals surface area contributed by atoms with Crippen molar-refractivity contribution in [3.63, 3.8) is 0 Å². The van der Waals surface area contributed by atoms with E-state index in [0.717, 1.165) is 4.31 Å². The summed E-state index contributed by atoms with van der Waals surface area (Å²) in [5.41, 5.74) is -0.135. The summed E-state index contributed by atoms with van der Waals surface area (Å²) in [4.78, 5) is 11.0. The molecule has 0 spiro atoms. The molecule has 2 atom stereocenters. The lowest BCUT2D eigenvalue weighted by atomic mass is 9.94. The zero-order valence-corrected chi connectivity index (χ0v) is 11.8. The summed E-state index contributed by atoms with van der Waals surface area (Å²) < 4.78 is 25.1. The number of aliphatic hydroxyl groups is 1. The number of carboxylic acid groups (broad SMARTS) is 1. The fraction of sp³-hybridized carbons (Fsp3) is 0.909. The Hall–Kier alpha value is -0.660. The first-order valence-electron chi connectivity index (χ1n) is 5.93. The highest BCUT2D eigenvalue weighted by Gasteiger charge is 2.42. The molecular formula is C11H21NO5S. The molecule has 0 aromatic rings. The van der Waals surface area contributed by atoms with Crippen molar-refractivity contribution in [3.05, 3.63) is 0 Å². The molecule has 0 amide bonds. The van der Waals surface area contributed by atoms with Crippen LogP contribution in [0, 0.1) is 5.41 Å². The molecule has 1 saturated heterocycles. The average molecular weight is 279 g/mol. The predicted molar refractivity (Wildman–Crippen MR) is 66.6 cm³/mol. The van der Waals surface area contributed by atoms with Gasteiger partial charge in [-0.1, -0.05) is 20.8 Å². The van der Waals surface area contributed by atoms with Gasteiger partial charge in [0, 0.05) is 13.0 Å². The number of hydrogen-bond donors (Lipinski definition) is 2. The summed E-state index contributed by atoms with van der Waals surface area (Å²) >= 11 is 0. The van der Waals surface area contributed by atoms with Gasteiger partial charge in [0.2, 0.25) is 10.0 Å². The quantitative estimate of drug-likeness (QED) is 0.770. The van der Waals surface area contributed by atoms with Crippen LogP contribution in [0.15, 0.2) is 0 Å². The largest absolute Gasteiger partial charge is 0.480 e. The van der Waals surface area contributed by atoms with Crippen molar-refractivity contribution in [2.75, 3.05) is 12.3 Å². The first-order chi connectivity index (χ1) is 8.03. The summed E-state index contributed by atoms with van der Waals surface area (Å²) in [5.74, 6) is -1.29. The van der Waals surface area contributed by atoms with Crippen molar-refractivity contribution < 1.29 is 23.4 Å². The third-order valence-electron chi connectivity index (χ3n) is 2.99. The Kier molecular flexibility index (Phi) is 4.40. The van der Waals surface area contributed by atoms with Gasteiger partial charge in [-0.15, -0.1) is 0 Å². The Morgan fingerprint density at radius 3 is 2.39 bits per heavy atom. The van der Waals surface area contributed by atoms with E-state index in [1.165, 1.54) is 0 Å². The van der Waals surface area contributed by atoms with E-state index in [4.69, 9.17) is 5.11 Å². The van der Waals surface area contributed by atoms with Gasteiger partial charge in [0.15, 0.2) is 0 Å². The highest BCUT2D eigenvalue weighted by Crippen LogP contribution is 2.25. The van der Waals surface area contributed by atoms with E-state index in [-0.39, 0.29) is 24.1 Å². The van der Waals surface area contributed by atoms with Crippen molar-refractivity contribution in [1.82, 2.24) is 4.31 Å². The zero-order valence-electron chi connectivity index (χ0n) is 11.0. The van der Waals surface area contributed by atoms with Crippen LogP contribution in [0.1, 0.15) is 33.6 Å². The predicted octanol–water partition coefficient (Wildman–Crippen LogP) is 0.272. The van der Waals surface area contributed by atoms with Crippen LogP contribution in [-0.2, 0) is 14.8 Å². The molecule has 2 N–H and O–H groups in total. The molecule has 0 aromatic heterocycles. The molecule has 0 bridgehead atoms. The molecule has 1 fully saturated rings.